The van der Waals surface area contributed by atoms with Gasteiger partial charge in [-0.3, -0.25) is 0 Å². The van der Waals surface area contributed by atoms with E-state index < -0.39 is 6.36 Å². The molecular formula is C25H25ClF3NO. The quantitative estimate of drug-likeness (QED) is 0.356. The first kappa shape index (κ1) is 24.5. The van der Waals surface area contributed by atoms with Crippen LogP contribution in [0, 0.1) is 0 Å². The zero-order valence-corrected chi connectivity index (χ0v) is 17.8. The van der Waals surface area contributed by atoms with Gasteiger partial charge in [-0.05, 0) is 53.8 Å². The lowest BCUT2D eigenvalue weighted by Crippen LogP contribution is -2.18. The first-order valence-corrected chi connectivity index (χ1v) is 9.88. The van der Waals surface area contributed by atoms with E-state index in [0.29, 0.717) is 6.54 Å². The van der Waals surface area contributed by atoms with E-state index in [0.717, 1.165) is 24.9 Å². The molecule has 6 heteroatoms. The van der Waals surface area contributed by atoms with Crippen LogP contribution in [0.25, 0.3) is 5.57 Å². The van der Waals surface area contributed by atoms with Gasteiger partial charge in [0.1, 0.15) is 5.75 Å². The van der Waals surface area contributed by atoms with Gasteiger partial charge in [0.25, 0.3) is 0 Å². The van der Waals surface area contributed by atoms with Crippen LogP contribution in [0.3, 0.4) is 0 Å². The lowest BCUT2D eigenvalue weighted by Gasteiger charge is -2.11. The van der Waals surface area contributed by atoms with E-state index in [1.807, 2.05) is 36.4 Å². The Balaban J connectivity index is 0.00000341. The second-order valence-electron chi connectivity index (χ2n) is 6.86. The summed E-state index contributed by atoms with van der Waals surface area (Å²) in [6.45, 7) is 1.25. The largest absolute Gasteiger partial charge is 0.573 e. The fourth-order valence-corrected chi connectivity index (χ4v) is 3.20. The summed E-state index contributed by atoms with van der Waals surface area (Å²) in [6, 6.07) is 26.6. The third-order valence-electron chi connectivity index (χ3n) is 4.54. The van der Waals surface area contributed by atoms with Crippen molar-refractivity contribution >= 4 is 18.0 Å². The van der Waals surface area contributed by atoms with Crippen LogP contribution in [0.2, 0.25) is 0 Å². The number of hydrogen-bond acceptors (Lipinski definition) is 2. The summed E-state index contributed by atoms with van der Waals surface area (Å²) in [5.41, 5.74) is 4.31. The molecule has 0 atom stereocenters. The van der Waals surface area contributed by atoms with Gasteiger partial charge in [0.15, 0.2) is 0 Å². The molecule has 3 aromatic rings. The minimum atomic E-state index is -4.67. The molecule has 0 saturated carbocycles. The van der Waals surface area contributed by atoms with Crippen molar-refractivity contribution < 1.29 is 17.9 Å². The predicted octanol–water partition coefficient (Wildman–Crippen LogP) is 7.01. The monoisotopic (exact) mass is 447 g/mol. The molecule has 0 unspecified atom stereocenters. The van der Waals surface area contributed by atoms with Gasteiger partial charge >= 0.3 is 6.36 Å². The number of alkyl halides is 3. The smallest absolute Gasteiger partial charge is 0.406 e. The molecule has 0 aliphatic heterocycles. The summed E-state index contributed by atoms with van der Waals surface area (Å²) in [6.07, 6.45) is -0.622. The number of benzene rings is 3. The van der Waals surface area contributed by atoms with Crippen molar-refractivity contribution in [1.29, 1.82) is 0 Å². The van der Waals surface area contributed by atoms with E-state index in [-0.39, 0.29) is 18.2 Å². The van der Waals surface area contributed by atoms with Gasteiger partial charge in [0.05, 0.1) is 0 Å². The molecule has 0 aliphatic carbocycles. The topological polar surface area (TPSA) is 21.3 Å². The molecule has 0 aromatic heterocycles. The molecule has 3 rings (SSSR count). The molecule has 3 aromatic carbocycles. The van der Waals surface area contributed by atoms with Gasteiger partial charge in [0.2, 0.25) is 0 Å². The average molecular weight is 448 g/mol. The first-order valence-electron chi connectivity index (χ1n) is 9.88. The molecule has 0 bridgehead atoms. The fraction of sp³-hybridized carbons (Fsp3) is 0.200. The summed E-state index contributed by atoms with van der Waals surface area (Å²) in [5.74, 6) is -0.194. The highest BCUT2D eigenvalue weighted by Crippen LogP contribution is 2.24. The summed E-state index contributed by atoms with van der Waals surface area (Å²) in [7, 11) is 0. The van der Waals surface area contributed by atoms with Crippen molar-refractivity contribution in [2.24, 2.45) is 0 Å². The number of ether oxygens (including phenoxy) is 1. The Morgan fingerprint density at radius 2 is 1.45 bits per heavy atom. The van der Waals surface area contributed by atoms with Crippen LogP contribution in [-0.4, -0.2) is 12.9 Å². The highest BCUT2D eigenvalue weighted by atomic mass is 35.5. The predicted molar refractivity (Wildman–Crippen MR) is 121 cm³/mol. The van der Waals surface area contributed by atoms with Crippen molar-refractivity contribution in [1.82, 2.24) is 5.32 Å². The van der Waals surface area contributed by atoms with Gasteiger partial charge in [0, 0.05) is 6.54 Å². The van der Waals surface area contributed by atoms with E-state index in [1.54, 1.807) is 12.1 Å². The molecule has 0 heterocycles. The van der Waals surface area contributed by atoms with E-state index >= 15 is 0 Å². The number of allylic oxidation sites excluding steroid dienone is 1. The van der Waals surface area contributed by atoms with Gasteiger partial charge in [-0.15, -0.1) is 25.6 Å². The molecule has 164 valence electrons. The molecule has 0 radical (unpaired) electrons. The molecule has 1 N–H and O–H groups in total. The maximum absolute atomic E-state index is 12.3. The summed E-state index contributed by atoms with van der Waals surface area (Å²) < 4.78 is 41.0. The second-order valence-corrected chi connectivity index (χ2v) is 6.86. The Hall–Kier alpha value is -2.76. The van der Waals surface area contributed by atoms with Crippen molar-refractivity contribution in [2.75, 3.05) is 6.54 Å². The molecular weight excluding hydrogens is 423 g/mol. The number of hydrogen-bond donors (Lipinski definition) is 1. The van der Waals surface area contributed by atoms with Gasteiger partial charge < -0.3 is 10.1 Å². The summed E-state index contributed by atoms with van der Waals surface area (Å²) in [4.78, 5) is 0. The van der Waals surface area contributed by atoms with Crippen LogP contribution in [0.4, 0.5) is 13.2 Å². The standard InChI is InChI=1S/C25H24F3NO.ClH/c26-25(27,28)30-23-15-9-10-20(18-23)19-29-17-8-7-16-24(21-11-3-1-4-12-21)22-13-5-2-6-14-22;/h1-6,9-16,18,29H,7-8,17,19H2;1H. The van der Waals surface area contributed by atoms with E-state index in [4.69, 9.17) is 0 Å². The maximum atomic E-state index is 12.3. The minimum Gasteiger partial charge on any atom is -0.406 e. The Morgan fingerprint density at radius 1 is 0.839 bits per heavy atom. The first-order chi connectivity index (χ1) is 14.5. The molecule has 0 saturated heterocycles. The Morgan fingerprint density at radius 3 is 2.03 bits per heavy atom. The number of rotatable bonds is 9. The average Bonchev–Trinajstić information content (AvgIpc) is 2.73. The van der Waals surface area contributed by atoms with Crippen LogP contribution in [-0.2, 0) is 6.54 Å². The highest BCUT2D eigenvalue weighted by Gasteiger charge is 2.31. The zero-order valence-electron chi connectivity index (χ0n) is 16.9. The SMILES string of the molecule is Cl.FC(F)(F)Oc1cccc(CNCCCC=C(c2ccccc2)c2ccccc2)c1. The Bertz CT molecular complexity index is 902. The Labute approximate surface area is 187 Å². The van der Waals surface area contributed by atoms with Gasteiger partial charge in [-0.25, -0.2) is 0 Å². The van der Waals surface area contributed by atoms with Crippen LogP contribution in [0.15, 0.2) is 91.0 Å². The van der Waals surface area contributed by atoms with E-state index in [1.165, 1.54) is 28.8 Å². The van der Waals surface area contributed by atoms with Crippen molar-refractivity contribution in [3.8, 4) is 5.75 Å². The summed E-state index contributed by atoms with van der Waals surface area (Å²) >= 11 is 0. The summed E-state index contributed by atoms with van der Waals surface area (Å²) in [5, 5.41) is 3.28. The maximum Gasteiger partial charge on any atom is 0.573 e. The third-order valence-corrected chi connectivity index (χ3v) is 4.54. The third kappa shape index (κ3) is 8.48. The minimum absolute atomic E-state index is 0. The van der Waals surface area contributed by atoms with E-state index in [9.17, 15) is 13.2 Å². The van der Waals surface area contributed by atoms with Crippen molar-refractivity contribution in [2.45, 2.75) is 25.7 Å². The molecule has 0 spiro atoms. The van der Waals surface area contributed by atoms with Crippen molar-refractivity contribution in [3.05, 3.63) is 108 Å². The normalized spacial score (nSPS) is 10.8. The molecule has 31 heavy (non-hydrogen) atoms. The highest BCUT2D eigenvalue weighted by molar-refractivity contribution is 5.85. The number of halogens is 4. The fourth-order valence-electron chi connectivity index (χ4n) is 3.20. The number of nitrogens with one attached hydrogen (secondary N) is 1. The number of unbranched alkanes of at least 4 members (excludes halogenated alkanes) is 1. The molecule has 2 nitrogen and oxygen atoms in total. The van der Waals surface area contributed by atoms with Crippen LogP contribution in [0.5, 0.6) is 5.75 Å². The van der Waals surface area contributed by atoms with Gasteiger partial charge in [-0.2, -0.15) is 0 Å². The van der Waals surface area contributed by atoms with Crippen LogP contribution in [0.1, 0.15) is 29.5 Å². The van der Waals surface area contributed by atoms with Crippen molar-refractivity contribution in [3.63, 3.8) is 0 Å². The zero-order chi connectivity index (χ0) is 21.2. The molecule has 0 amide bonds. The molecule has 0 aliphatic rings. The molecule has 0 fully saturated rings. The van der Waals surface area contributed by atoms with E-state index in [2.05, 4.69) is 40.4 Å². The lowest BCUT2D eigenvalue weighted by molar-refractivity contribution is -0.274. The van der Waals surface area contributed by atoms with Crippen LogP contribution >= 0.6 is 12.4 Å². The second kappa shape index (κ2) is 12.2. The van der Waals surface area contributed by atoms with Crippen LogP contribution < -0.4 is 10.1 Å². The van der Waals surface area contributed by atoms with Gasteiger partial charge in [-0.1, -0.05) is 78.9 Å². The lowest BCUT2D eigenvalue weighted by atomic mass is 9.96. The Kier molecular flexibility index (Phi) is 9.63.